The van der Waals surface area contributed by atoms with Gasteiger partial charge in [-0.05, 0) is 39.1 Å². The summed E-state index contributed by atoms with van der Waals surface area (Å²) in [5.74, 6) is -0.344. The highest BCUT2D eigenvalue weighted by atomic mass is 35.5. The van der Waals surface area contributed by atoms with E-state index in [0.29, 0.717) is 5.02 Å². The first kappa shape index (κ1) is 13.4. The minimum Gasteiger partial charge on any atom is -0.402 e. The Labute approximate surface area is 111 Å². The van der Waals surface area contributed by atoms with Gasteiger partial charge >= 0.3 is 7.12 Å². The van der Waals surface area contributed by atoms with Gasteiger partial charge in [-0.2, -0.15) is 0 Å². The normalized spacial score (nSPS) is 24.0. The lowest BCUT2D eigenvalue weighted by molar-refractivity contribution is 0.00578. The molecule has 1 aliphatic heterocycles. The lowest BCUT2D eigenvalue weighted by Crippen LogP contribution is -2.41. The fraction of sp³-hybridized carbons (Fsp3) is 0.636. The molecule has 1 aromatic heterocycles. The number of nitrogens with two attached hydrogens (primary N) is 1. The predicted molar refractivity (Wildman–Crippen MR) is 72.3 cm³/mol. The van der Waals surface area contributed by atoms with Crippen LogP contribution in [0.15, 0.2) is 11.4 Å². The van der Waals surface area contributed by atoms with Crippen LogP contribution in [0.2, 0.25) is 5.02 Å². The Bertz CT molecular complexity index is 405. The van der Waals surface area contributed by atoms with Gasteiger partial charge in [-0.3, -0.25) is 0 Å². The third kappa shape index (κ3) is 2.27. The van der Waals surface area contributed by atoms with Crippen LogP contribution in [0.5, 0.6) is 0 Å². The number of halogens is 1. The van der Waals surface area contributed by atoms with E-state index in [2.05, 4.69) is 0 Å². The lowest BCUT2D eigenvalue weighted by Gasteiger charge is -2.32. The summed E-state index contributed by atoms with van der Waals surface area (Å²) in [5.41, 5.74) is 5.44. The highest BCUT2D eigenvalue weighted by Gasteiger charge is 2.53. The molecule has 0 spiro atoms. The smallest absolute Gasteiger partial charge is 0.402 e. The molecule has 2 rings (SSSR count). The Kier molecular flexibility index (Phi) is 3.34. The first-order valence-electron chi connectivity index (χ1n) is 5.59. The molecule has 0 unspecified atom stereocenters. The van der Waals surface area contributed by atoms with Crippen molar-refractivity contribution < 1.29 is 9.31 Å². The Morgan fingerprint density at radius 1 is 1.29 bits per heavy atom. The zero-order chi connectivity index (χ0) is 12.8. The van der Waals surface area contributed by atoms with E-state index in [4.69, 9.17) is 26.6 Å². The van der Waals surface area contributed by atoms with E-state index in [1.54, 1.807) is 0 Å². The number of hydrogen-bond donors (Lipinski definition) is 1. The largest absolute Gasteiger partial charge is 0.481 e. The van der Waals surface area contributed by atoms with Crippen molar-refractivity contribution in [3.05, 3.63) is 21.3 Å². The molecule has 0 bridgehead atoms. The molecule has 0 amide bonds. The molecule has 1 aromatic rings. The second kappa shape index (κ2) is 4.25. The minimum atomic E-state index is -0.448. The maximum absolute atomic E-state index is 6.16. The van der Waals surface area contributed by atoms with Crippen LogP contribution in [0, 0.1) is 0 Å². The molecule has 0 aliphatic carbocycles. The summed E-state index contributed by atoms with van der Waals surface area (Å²) >= 11 is 7.60. The van der Waals surface area contributed by atoms with Gasteiger partial charge in [0.1, 0.15) is 0 Å². The van der Waals surface area contributed by atoms with E-state index in [1.165, 1.54) is 11.3 Å². The van der Waals surface area contributed by atoms with Crippen LogP contribution in [0.3, 0.4) is 0 Å². The molecule has 17 heavy (non-hydrogen) atoms. The summed E-state index contributed by atoms with van der Waals surface area (Å²) in [7, 11) is -0.448. The molecule has 1 fully saturated rings. The summed E-state index contributed by atoms with van der Waals surface area (Å²) in [6.07, 6.45) is 0. The fourth-order valence-electron chi connectivity index (χ4n) is 1.70. The summed E-state index contributed by atoms with van der Waals surface area (Å²) < 4.78 is 11.8. The van der Waals surface area contributed by atoms with Crippen LogP contribution in [-0.2, 0) is 9.31 Å². The second-order valence-electron chi connectivity index (χ2n) is 5.28. The molecule has 0 saturated carbocycles. The van der Waals surface area contributed by atoms with Gasteiger partial charge in [-0.15, -0.1) is 11.3 Å². The molecular weight excluding hydrogens is 256 g/mol. The predicted octanol–water partition coefficient (Wildman–Crippen LogP) is 3.03. The van der Waals surface area contributed by atoms with E-state index in [0.717, 1.165) is 4.88 Å². The van der Waals surface area contributed by atoms with Gasteiger partial charge in [0.25, 0.3) is 0 Å². The standard InChI is InChI=1S/C11H17BClNO2S/c1-10(2)11(3,4)16-12(15-10)9(14)8-7(13)5-6-17-8/h5-6,9H,14H2,1-4H3/t9-/m0/s1. The molecule has 2 N–H and O–H groups in total. The fourth-order valence-corrected chi connectivity index (χ4v) is 2.90. The van der Waals surface area contributed by atoms with Crippen LogP contribution < -0.4 is 5.73 Å². The zero-order valence-electron chi connectivity index (χ0n) is 10.5. The van der Waals surface area contributed by atoms with Crippen molar-refractivity contribution in [2.75, 3.05) is 0 Å². The van der Waals surface area contributed by atoms with Gasteiger partial charge in [0.15, 0.2) is 0 Å². The second-order valence-corrected chi connectivity index (χ2v) is 6.64. The molecule has 6 heteroatoms. The molecular formula is C11H17BClNO2S. The van der Waals surface area contributed by atoms with Crippen LogP contribution in [-0.4, -0.2) is 18.3 Å². The summed E-state index contributed by atoms with van der Waals surface area (Å²) in [4.78, 5) is 0.908. The van der Waals surface area contributed by atoms with Crippen molar-refractivity contribution in [2.45, 2.75) is 44.8 Å². The minimum absolute atomic E-state index is 0.344. The quantitative estimate of drug-likeness (QED) is 0.843. The molecule has 0 aromatic carbocycles. The highest BCUT2D eigenvalue weighted by Crippen LogP contribution is 2.41. The van der Waals surface area contributed by atoms with E-state index in [1.807, 2.05) is 39.1 Å². The Balaban J connectivity index is 2.19. The first-order valence-corrected chi connectivity index (χ1v) is 6.84. The van der Waals surface area contributed by atoms with Gasteiger partial charge in [0.2, 0.25) is 0 Å². The number of thiophene rings is 1. The van der Waals surface area contributed by atoms with Gasteiger partial charge in [0, 0.05) is 4.88 Å². The lowest BCUT2D eigenvalue weighted by atomic mass is 9.78. The van der Waals surface area contributed by atoms with Crippen LogP contribution >= 0.6 is 22.9 Å². The highest BCUT2D eigenvalue weighted by molar-refractivity contribution is 7.11. The molecule has 1 aliphatic rings. The van der Waals surface area contributed by atoms with Crippen molar-refractivity contribution >= 4 is 30.1 Å². The Morgan fingerprint density at radius 2 is 1.82 bits per heavy atom. The Morgan fingerprint density at radius 3 is 2.24 bits per heavy atom. The summed E-state index contributed by atoms with van der Waals surface area (Å²) in [6, 6.07) is 1.84. The van der Waals surface area contributed by atoms with Crippen molar-refractivity contribution in [3.63, 3.8) is 0 Å². The van der Waals surface area contributed by atoms with Gasteiger partial charge < -0.3 is 15.0 Å². The van der Waals surface area contributed by atoms with Crippen molar-refractivity contribution in [1.29, 1.82) is 0 Å². The number of hydrogen-bond acceptors (Lipinski definition) is 4. The maximum Gasteiger partial charge on any atom is 0.481 e. The van der Waals surface area contributed by atoms with Crippen LogP contribution in [0.1, 0.15) is 38.5 Å². The van der Waals surface area contributed by atoms with E-state index >= 15 is 0 Å². The van der Waals surface area contributed by atoms with Gasteiger partial charge in [-0.1, -0.05) is 11.6 Å². The average Bonchev–Trinajstić information content (AvgIpc) is 2.68. The van der Waals surface area contributed by atoms with Crippen LogP contribution in [0.4, 0.5) is 0 Å². The molecule has 0 radical (unpaired) electrons. The first-order chi connectivity index (χ1) is 7.74. The zero-order valence-corrected chi connectivity index (χ0v) is 12.1. The monoisotopic (exact) mass is 273 g/mol. The van der Waals surface area contributed by atoms with E-state index in [-0.39, 0.29) is 17.1 Å². The van der Waals surface area contributed by atoms with Gasteiger partial charge in [0.05, 0.1) is 22.2 Å². The molecule has 2 heterocycles. The topological polar surface area (TPSA) is 44.5 Å². The van der Waals surface area contributed by atoms with Crippen LogP contribution in [0.25, 0.3) is 0 Å². The molecule has 3 nitrogen and oxygen atoms in total. The van der Waals surface area contributed by atoms with Crippen molar-refractivity contribution in [3.8, 4) is 0 Å². The van der Waals surface area contributed by atoms with Crippen molar-refractivity contribution in [2.24, 2.45) is 5.73 Å². The SMILES string of the molecule is CC1(C)OB([C@@H](N)c2sccc2Cl)OC1(C)C. The average molecular weight is 274 g/mol. The van der Waals surface area contributed by atoms with Crippen molar-refractivity contribution in [1.82, 2.24) is 0 Å². The third-order valence-electron chi connectivity index (χ3n) is 3.51. The third-order valence-corrected chi connectivity index (χ3v) is 4.97. The van der Waals surface area contributed by atoms with Gasteiger partial charge in [-0.25, -0.2) is 0 Å². The summed E-state index contributed by atoms with van der Waals surface area (Å²) in [6.45, 7) is 8.04. The summed E-state index contributed by atoms with van der Waals surface area (Å²) in [5, 5.41) is 2.60. The molecule has 1 saturated heterocycles. The number of rotatable bonds is 2. The molecule has 1 atom stereocenters. The van der Waals surface area contributed by atoms with E-state index < -0.39 is 7.12 Å². The Hall–Kier alpha value is -0.0651. The van der Waals surface area contributed by atoms with E-state index in [9.17, 15) is 0 Å². The maximum atomic E-state index is 6.16. The molecule has 94 valence electrons.